The zero-order chi connectivity index (χ0) is 24.6. The van der Waals surface area contributed by atoms with Gasteiger partial charge in [0.25, 0.3) is 0 Å². The molecule has 1 aromatic heterocycles. The zero-order valence-electron chi connectivity index (χ0n) is 19.4. The minimum Gasteiger partial charge on any atom is -0.493 e. The molecule has 1 aliphatic carbocycles. The van der Waals surface area contributed by atoms with Gasteiger partial charge in [0.2, 0.25) is 0 Å². The van der Waals surface area contributed by atoms with Gasteiger partial charge in [-0.25, -0.2) is 0 Å². The fourth-order valence-electron chi connectivity index (χ4n) is 3.53. The average Bonchev–Trinajstić information content (AvgIpc) is 3.69. The van der Waals surface area contributed by atoms with Gasteiger partial charge in [-0.15, -0.1) is 0 Å². The number of hydrogen-bond donors (Lipinski definition) is 3. The first-order valence-corrected chi connectivity index (χ1v) is 11.8. The number of pyridine rings is 1. The topological polar surface area (TPSA) is 114 Å². The molecule has 1 fully saturated rings. The van der Waals surface area contributed by atoms with Crippen molar-refractivity contribution in [3.8, 4) is 23.3 Å². The Bertz CT molecular complexity index is 1270. The van der Waals surface area contributed by atoms with Gasteiger partial charge in [0, 0.05) is 40.8 Å². The van der Waals surface area contributed by atoms with E-state index in [2.05, 4.69) is 21.7 Å². The van der Waals surface area contributed by atoms with Gasteiger partial charge in [-0.1, -0.05) is 12.2 Å². The van der Waals surface area contributed by atoms with Gasteiger partial charge in [-0.05, 0) is 56.1 Å². The first-order valence-electron chi connectivity index (χ1n) is 11.3. The minimum absolute atomic E-state index is 0.205. The van der Waals surface area contributed by atoms with Crippen molar-refractivity contribution in [2.24, 2.45) is 5.73 Å². The highest BCUT2D eigenvalue weighted by atomic mass is 32.1. The van der Waals surface area contributed by atoms with Crippen LogP contribution in [0.5, 0.6) is 17.2 Å². The molecule has 180 valence electrons. The quantitative estimate of drug-likeness (QED) is 0.146. The van der Waals surface area contributed by atoms with E-state index in [1.807, 2.05) is 24.3 Å². The Morgan fingerprint density at radius 2 is 2.06 bits per heavy atom. The lowest BCUT2D eigenvalue weighted by atomic mass is 10.1. The van der Waals surface area contributed by atoms with Crippen molar-refractivity contribution >= 4 is 39.9 Å². The van der Waals surface area contributed by atoms with E-state index >= 15 is 0 Å². The first-order chi connectivity index (χ1) is 17.1. The third-order valence-corrected chi connectivity index (χ3v) is 5.59. The number of nitrogens with zero attached hydrogens (tertiary/aromatic N) is 2. The molecule has 0 spiro atoms. The van der Waals surface area contributed by atoms with Crippen LogP contribution in [0.3, 0.4) is 0 Å². The predicted octanol–water partition coefficient (Wildman–Crippen LogP) is 4.56. The summed E-state index contributed by atoms with van der Waals surface area (Å²) in [5, 5.41) is 18.6. The molecule has 8 nitrogen and oxygen atoms in total. The number of methoxy groups -OCH3 is 1. The summed E-state index contributed by atoms with van der Waals surface area (Å²) in [5.41, 5.74) is 8.23. The second kappa shape index (κ2) is 11.5. The normalized spacial score (nSPS) is 13.2. The zero-order valence-corrected chi connectivity index (χ0v) is 20.2. The molecule has 0 saturated heterocycles. The molecule has 0 amide bonds. The summed E-state index contributed by atoms with van der Waals surface area (Å²) in [6.07, 6.45) is 6.49. The van der Waals surface area contributed by atoms with E-state index in [-0.39, 0.29) is 5.88 Å². The molecule has 2 aromatic carbocycles. The van der Waals surface area contributed by atoms with E-state index in [0.717, 1.165) is 24.0 Å². The SMILES string of the molecule is COc1cc2c(Nc3ccc(O/C(N)=C/C=S)cc3)c(C#N)cnc2cc1OCCCNC1CC1. The van der Waals surface area contributed by atoms with Crippen LogP contribution in [0.2, 0.25) is 0 Å². The number of benzene rings is 2. The number of rotatable bonds is 12. The predicted molar refractivity (Wildman–Crippen MR) is 140 cm³/mol. The van der Waals surface area contributed by atoms with Crippen LogP contribution in [0, 0.1) is 11.3 Å². The van der Waals surface area contributed by atoms with Gasteiger partial charge >= 0.3 is 0 Å². The molecule has 0 atom stereocenters. The molecule has 0 unspecified atom stereocenters. The van der Waals surface area contributed by atoms with Crippen molar-refractivity contribution in [3.63, 3.8) is 0 Å². The molecule has 1 aliphatic rings. The number of nitriles is 1. The van der Waals surface area contributed by atoms with E-state index in [1.165, 1.54) is 24.3 Å². The fraction of sp³-hybridized carbons (Fsp3) is 0.269. The number of ether oxygens (including phenoxy) is 3. The molecule has 1 saturated carbocycles. The van der Waals surface area contributed by atoms with Crippen LogP contribution in [0.15, 0.2) is 54.6 Å². The van der Waals surface area contributed by atoms with Gasteiger partial charge in [0.05, 0.1) is 30.5 Å². The molecule has 3 aromatic rings. The Balaban J connectivity index is 1.55. The molecule has 0 bridgehead atoms. The third-order valence-electron chi connectivity index (χ3n) is 5.45. The highest BCUT2D eigenvalue weighted by Crippen LogP contribution is 2.37. The van der Waals surface area contributed by atoms with Crippen molar-refractivity contribution in [1.29, 1.82) is 5.26 Å². The van der Waals surface area contributed by atoms with Crippen molar-refractivity contribution in [1.82, 2.24) is 10.3 Å². The Morgan fingerprint density at radius 1 is 1.26 bits per heavy atom. The summed E-state index contributed by atoms with van der Waals surface area (Å²) >= 11 is 4.75. The minimum atomic E-state index is 0.205. The van der Waals surface area contributed by atoms with E-state index in [9.17, 15) is 5.26 Å². The maximum Gasteiger partial charge on any atom is 0.191 e. The lowest BCUT2D eigenvalue weighted by molar-refractivity contribution is 0.288. The number of nitrogens with two attached hydrogens (primary N) is 1. The number of allylic oxidation sites excluding steroid dienone is 1. The average molecular weight is 490 g/mol. The van der Waals surface area contributed by atoms with Crippen LogP contribution in [-0.2, 0) is 0 Å². The van der Waals surface area contributed by atoms with Crippen LogP contribution in [0.4, 0.5) is 11.4 Å². The molecular formula is C26H27N5O3S. The maximum absolute atomic E-state index is 9.70. The lowest BCUT2D eigenvalue weighted by Crippen LogP contribution is -2.19. The molecule has 0 radical (unpaired) electrons. The largest absolute Gasteiger partial charge is 0.493 e. The summed E-state index contributed by atoms with van der Waals surface area (Å²) in [5.74, 6) is 1.98. The second-order valence-corrected chi connectivity index (χ2v) is 8.34. The van der Waals surface area contributed by atoms with Gasteiger partial charge < -0.3 is 30.6 Å². The van der Waals surface area contributed by atoms with Gasteiger partial charge in [-0.2, -0.15) is 5.26 Å². The van der Waals surface area contributed by atoms with Crippen molar-refractivity contribution in [2.45, 2.75) is 25.3 Å². The van der Waals surface area contributed by atoms with E-state index in [4.69, 9.17) is 32.2 Å². The summed E-state index contributed by atoms with van der Waals surface area (Å²) in [4.78, 5) is 4.47. The number of hydrogen-bond acceptors (Lipinski definition) is 9. The summed E-state index contributed by atoms with van der Waals surface area (Å²) in [6, 6.07) is 13.8. The third kappa shape index (κ3) is 6.38. The van der Waals surface area contributed by atoms with Crippen molar-refractivity contribution in [2.75, 3.05) is 25.6 Å². The summed E-state index contributed by atoms with van der Waals surface area (Å²) < 4.78 is 17.1. The summed E-state index contributed by atoms with van der Waals surface area (Å²) in [6.45, 7) is 1.50. The molecule has 4 rings (SSSR count). The Morgan fingerprint density at radius 3 is 2.74 bits per heavy atom. The van der Waals surface area contributed by atoms with Gasteiger partial charge in [0.1, 0.15) is 11.8 Å². The van der Waals surface area contributed by atoms with E-state index in [1.54, 1.807) is 25.4 Å². The van der Waals surface area contributed by atoms with Crippen LogP contribution < -0.4 is 30.6 Å². The molecule has 0 aliphatic heterocycles. The van der Waals surface area contributed by atoms with Crippen LogP contribution >= 0.6 is 12.2 Å². The fourth-order valence-corrected chi connectivity index (χ4v) is 3.66. The Kier molecular flexibility index (Phi) is 7.98. The smallest absolute Gasteiger partial charge is 0.191 e. The lowest BCUT2D eigenvalue weighted by Gasteiger charge is -2.16. The molecule has 1 heterocycles. The first kappa shape index (κ1) is 24.3. The van der Waals surface area contributed by atoms with Crippen molar-refractivity contribution < 1.29 is 14.2 Å². The number of fused-ring (bicyclic) bond motifs is 1. The van der Waals surface area contributed by atoms with Gasteiger partial charge in [-0.3, -0.25) is 4.98 Å². The Labute approximate surface area is 209 Å². The molecular weight excluding hydrogens is 462 g/mol. The van der Waals surface area contributed by atoms with E-state index < -0.39 is 0 Å². The number of aromatic nitrogens is 1. The second-order valence-electron chi connectivity index (χ2n) is 8.07. The molecule has 9 heteroatoms. The number of thiocarbonyl (C=S) groups is 1. The highest BCUT2D eigenvalue weighted by molar-refractivity contribution is 7.79. The van der Waals surface area contributed by atoms with E-state index in [0.29, 0.717) is 46.7 Å². The number of nitrogens with one attached hydrogen (secondary N) is 2. The standard InChI is InChI=1S/C26H27N5O3S/c1-32-23-13-21-22(14-24(23)33-11-2-10-29-18-3-4-18)30-16-17(15-27)26(21)31-19-5-7-20(8-6-19)34-25(28)9-12-35/h5-9,12-14,16,18,29H,2-4,10-11,28H2,1H3,(H,30,31)/b25-9+. The Hall–Kier alpha value is -3.87. The maximum atomic E-state index is 9.70. The van der Waals surface area contributed by atoms with Gasteiger partial charge in [0.15, 0.2) is 17.4 Å². The molecule has 4 N–H and O–H groups in total. The number of anilines is 2. The van der Waals surface area contributed by atoms with Crippen LogP contribution in [0.25, 0.3) is 10.9 Å². The van der Waals surface area contributed by atoms with Crippen molar-refractivity contribution in [3.05, 3.63) is 60.1 Å². The van der Waals surface area contributed by atoms with Crippen LogP contribution in [-0.4, -0.2) is 36.7 Å². The summed E-state index contributed by atoms with van der Waals surface area (Å²) in [7, 11) is 1.60. The highest BCUT2D eigenvalue weighted by Gasteiger charge is 2.19. The van der Waals surface area contributed by atoms with Crippen LogP contribution in [0.1, 0.15) is 24.8 Å². The molecule has 35 heavy (non-hydrogen) atoms. The monoisotopic (exact) mass is 489 g/mol.